The molecule has 0 radical (unpaired) electrons. The second kappa shape index (κ2) is 8.09. The van der Waals surface area contributed by atoms with Gasteiger partial charge in [-0.1, -0.05) is 12.5 Å². The van der Waals surface area contributed by atoms with Crippen LogP contribution in [0.5, 0.6) is 0 Å². The largest absolute Gasteiger partial charge is 0.383 e. The van der Waals surface area contributed by atoms with E-state index in [4.69, 9.17) is 4.74 Å². The minimum Gasteiger partial charge on any atom is -0.383 e. The van der Waals surface area contributed by atoms with Crippen LogP contribution in [0.2, 0.25) is 0 Å². The van der Waals surface area contributed by atoms with Crippen LogP contribution in [-0.2, 0) is 14.8 Å². The van der Waals surface area contributed by atoms with Crippen LogP contribution >= 0.6 is 0 Å². The minimum absolute atomic E-state index is 0.0102. The van der Waals surface area contributed by atoms with Gasteiger partial charge in [-0.05, 0) is 44.4 Å². The summed E-state index contributed by atoms with van der Waals surface area (Å²) in [6.45, 7) is 5.06. The molecule has 24 heavy (non-hydrogen) atoms. The molecule has 1 amide bonds. The molecule has 0 spiro atoms. The highest BCUT2D eigenvalue weighted by atomic mass is 32.2. The maximum absolute atomic E-state index is 12.9. The van der Waals surface area contributed by atoms with Crippen LogP contribution in [0.25, 0.3) is 0 Å². The Bertz CT molecular complexity index is 688. The van der Waals surface area contributed by atoms with Gasteiger partial charge in [0.25, 0.3) is 5.91 Å². The lowest BCUT2D eigenvalue weighted by molar-refractivity contribution is 0.0936. The Morgan fingerprint density at radius 3 is 2.79 bits per heavy atom. The number of carbonyl (C=O) groups excluding carboxylic acids is 1. The number of benzene rings is 1. The van der Waals surface area contributed by atoms with Crippen molar-refractivity contribution < 1.29 is 17.9 Å². The third-order valence-electron chi connectivity index (χ3n) is 4.39. The third kappa shape index (κ3) is 4.15. The Kier molecular flexibility index (Phi) is 6.37. The zero-order valence-electron chi connectivity index (χ0n) is 14.5. The molecule has 1 saturated heterocycles. The maximum atomic E-state index is 12.9. The van der Waals surface area contributed by atoms with E-state index in [1.165, 1.54) is 6.07 Å². The van der Waals surface area contributed by atoms with E-state index < -0.39 is 10.0 Å². The third-order valence-corrected chi connectivity index (χ3v) is 6.40. The van der Waals surface area contributed by atoms with Gasteiger partial charge in [-0.25, -0.2) is 8.42 Å². The standard InChI is InChI=1S/C17H26N2O4S/c1-13-7-8-15(12-16(13)17(20)18-9-11-23-3)24(21,22)19-10-5-4-6-14(19)2/h7-8,12,14H,4-6,9-11H2,1-3H3,(H,18,20). The molecule has 1 aromatic carbocycles. The van der Waals surface area contributed by atoms with Gasteiger partial charge in [0.15, 0.2) is 0 Å². The number of sulfonamides is 1. The van der Waals surface area contributed by atoms with Crippen LogP contribution in [0.15, 0.2) is 23.1 Å². The summed E-state index contributed by atoms with van der Waals surface area (Å²) in [5.41, 5.74) is 1.13. The van der Waals surface area contributed by atoms with Crippen LogP contribution in [0.4, 0.5) is 0 Å². The monoisotopic (exact) mass is 354 g/mol. The quantitative estimate of drug-likeness (QED) is 0.792. The summed E-state index contributed by atoms with van der Waals surface area (Å²) in [4.78, 5) is 12.5. The van der Waals surface area contributed by atoms with Gasteiger partial charge in [0.2, 0.25) is 10.0 Å². The van der Waals surface area contributed by atoms with Crippen LogP contribution in [-0.4, -0.2) is 51.5 Å². The fraction of sp³-hybridized carbons (Fsp3) is 0.588. The van der Waals surface area contributed by atoms with Crippen molar-refractivity contribution in [2.45, 2.75) is 44.0 Å². The Balaban J connectivity index is 2.27. The lowest BCUT2D eigenvalue weighted by Crippen LogP contribution is -2.42. The first-order valence-electron chi connectivity index (χ1n) is 8.27. The summed E-state index contributed by atoms with van der Waals surface area (Å²) in [5.74, 6) is -0.284. The number of methoxy groups -OCH3 is 1. The van der Waals surface area contributed by atoms with Crippen LogP contribution in [0.3, 0.4) is 0 Å². The molecular formula is C17H26N2O4S. The molecule has 1 aromatic rings. The second-order valence-corrected chi connectivity index (χ2v) is 8.08. The number of hydrogen-bond donors (Lipinski definition) is 1. The number of piperidine rings is 1. The van der Waals surface area contributed by atoms with E-state index in [0.717, 1.165) is 24.8 Å². The van der Waals surface area contributed by atoms with Gasteiger partial charge in [-0.3, -0.25) is 4.79 Å². The first-order chi connectivity index (χ1) is 11.4. The number of carbonyl (C=O) groups is 1. The minimum atomic E-state index is -3.58. The van der Waals surface area contributed by atoms with Crippen molar-refractivity contribution in [3.05, 3.63) is 29.3 Å². The van der Waals surface area contributed by atoms with Crippen molar-refractivity contribution in [2.24, 2.45) is 0 Å². The van der Waals surface area contributed by atoms with Gasteiger partial charge in [-0.15, -0.1) is 0 Å². The molecule has 0 saturated carbocycles. The van der Waals surface area contributed by atoms with Gasteiger partial charge in [0.1, 0.15) is 0 Å². The molecule has 0 bridgehead atoms. The molecule has 1 aliphatic rings. The molecule has 2 rings (SSSR count). The molecule has 1 N–H and O–H groups in total. The van der Waals surface area contributed by atoms with Gasteiger partial charge < -0.3 is 10.1 Å². The number of aryl methyl sites for hydroxylation is 1. The first kappa shape index (κ1) is 18.9. The number of amides is 1. The molecule has 1 heterocycles. The number of nitrogens with zero attached hydrogens (tertiary/aromatic N) is 1. The van der Waals surface area contributed by atoms with Gasteiger partial charge in [0.05, 0.1) is 11.5 Å². The highest BCUT2D eigenvalue weighted by molar-refractivity contribution is 7.89. The van der Waals surface area contributed by atoms with Crippen LogP contribution in [0.1, 0.15) is 42.1 Å². The van der Waals surface area contributed by atoms with Crippen molar-refractivity contribution >= 4 is 15.9 Å². The number of rotatable bonds is 6. The number of hydrogen-bond acceptors (Lipinski definition) is 4. The molecule has 1 fully saturated rings. The fourth-order valence-electron chi connectivity index (χ4n) is 2.93. The van der Waals surface area contributed by atoms with E-state index >= 15 is 0 Å². The summed E-state index contributed by atoms with van der Waals surface area (Å²) >= 11 is 0. The van der Waals surface area contributed by atoms with Crippen LogP contribution < -0.4 is 5.32 Å². The number of nitrogens with one attached hydrogen (secondary N) is 1. The summed E-state index contributed by atoms with van der Waals surface area (Å²) < 4.78 is 32.3. The maximum Gasteiger partial charge on any atom is 0.251 e. The Hall–Kier alpha value is -1.44. The van der Waals surface area contributed by atoms with Gasteiger partial charge in [0, 0.05) is 31.8 Å². The first-order valence-corrected chi connectivity index (χ1v) is 9.71. The van der Waals surface area contributed by atoms with E-state index in [1.54, 1.807) is 30.5 Å². The van der Waals surface area contributed by atoms with E-state index in [2.05, 4.69) is 5.32 Å². The van der Waals surface area contributed by atoms with Crippen molar-refractivity contribution in [3.8, 4) is 0 Å². The molecule has 0 aromatic heterocycles. The lowest BCUT2D eigenvalue weighted by Gasteiger charge is -2.32. The highest BCUT2D eigenvalue weighted by Crippen LogP contribution is 2.26. The topological polar surface area (TPSA) is 75.7 Å². The zero-order valence-corrected chi connectivity index (χ0v) is 15.4. The summed E-state index contributed by atoms with van der Waals surface area (Å²) in [6, 6.07) is 4.74. The SMILES string of the molecule is COCCNC(=O)c1cc(S(=O)(=O)N2CCCCC2C)ccc1C. The number of ether oxygens (including phenoxy) is 1. The van der Waals surface area contributed by atoms with Crippen molar-refractivity contribution in [1.82, 2.24) is 9.62 Å². The smallest absolute Gasteiger partial charge is 0.251 e. The Labute approximate surface area is 144 Å². The predicted octanol–water partition coefficient (Wildman–Crippen LogP) is 1.93. The van der Waals surface area contributed by atoms with E-state index in [-0.39, 0.29) is 16.8 Å². The molecule has 134 valence electrons. The predicted molar refractivity (Wildman–Crippen MR) is 92.6 cm³/mol. The van der Waals surface area contributed by atoms with Crippen molar-refractivity contribution in [3.63, 3.8) is 0 Å². The van der Waals surface area contributed by atoms with E-state index in [1.807, 2.05) is 6.92 Å². The lowest BCUT2D eigenvalue weighted by atomic mass is 10.1. The molecule has 7 heteroatoms. The van der Waals surface area contributed by atoms with E-state index in [0.29, 0.717) is 25.3 Å². The molecule has 0 aliphatic carbocycles. The van der Waals surface area contributed by atoms with Gasteiger partial charge in [-0.2, -0.15) is 4.31 Å². The second-order valence-electron chi connectivity index (χ2n) is 6.19. The Morgan fingerprint density at radius 1 is 1.38 bits per heavy atom. The van der Waals surface area contributed by atoms with Gasteiger partial charge >= 0.3 is 0 Å². The Morgan fingerprint density at radius 2 is 2.12 bits per heavy atom. The summed E-state index contributed by atoms with van der Waals surface area (Å²) in [7, 11) is -2.02. The fourth-order valence-corrected chi connectivity index (χ4v) is 4.66. The molecule has 1 atom stereocenters. The average Bonchev–Trinajstić information content (AvgIpc) is 2.55. The van der Waals surface area contributed by atoms with Crippen LogP contribution in [0, 0.1) is 6.92 Å². The normalized spacial score (nSPS) is 19.2. The average molecular weight is 354 g/mol. The molecule has 1 aliphatic heterocycles. The zero-order chi connectivity index (χ0) is 17.7. The molecule has 6 nitrogen and oxygen atoms in total. The summed E-state index contributed by atoms with van der Waals surface area (Å²) in [6.07, 6.45) is 2.80. The molecule has 1 unspecified atom stereocenters. The van der Waals surface area contributed by atoms with Crippen molar-refractivity contribution in [1.29, 1.82) is 0 Å². The van der Waals surface area contributed by atoms with Crippen molar-refractivity contribution in [2.75, 3.05) is 26.8 Å². The highest BCUT2D eigenvalue weighted by Gasteiger charge is 2.31. The molecular weight excluding hydrogens is 328 g/mol. The summed E-state index contributed by atoms with van der Waals surface area (Å²) in [5, 5.41) is 2.74. The van der Waals surface area contributed by atoms with E-state index in [9.17, 15) is 13.2 Å².